The number of pyridine rings is 1. The van der Waals surface area contributed by atoms with Gasteiger partial charge < -0.3 is 9.64 Å². The molecule has 1 unspecified atom stereocenters. The summed E-state index contributed by atoms with van der Waals surface area (Å²) >= 11 is 0. The van der Waals surface area contributed by atoms with Crippen LogP contribution in [0.3, 0.4) is 0 Å². The van der Waals surface area contributed by atoms with Crippen molar-refractivity contribution in [1.29, 1.82) is 0 Å². The van der Waals surface area contributed by atoms with E-state index in [1.807, 2.05) is 39.2 Å². The summed E-state index contributed by atoms with van der Waals surface area (Å²) in [5.41, 5.74) is 1.49. The highest BCUT2D eigenvalue weighted by Gasteiger charge is 2.33. The van der Waals surface area contributed by atoms with Crippen LogP contribution in [-0.2, 0) is 11.2 Å². The molecule has 0 aliphatic carbocycles. The largest absolute Gasteiger partial charge is 0.444 e. The molecule has 0 saturated carbocycles. The zero-order valence-corrected chi connectivity index (χ0v) is 16.8. The van der Waals surface area contributed by atoms with Crippen molar-refractivity contribution in [2.45, 2.75) is 58.2 Å². The number of hydrogen-bond acceptors (Lipinski definition) is 4. The second kappa shape index (κ2) is 8.71. The lowest BCUT2D eigenvalue weighted by molar-refractivity contribution is 0.00453. The first-order valence-corrected chi connectivity index (χ1v) is 9.88. The third-order valence-corrected chi connectivity index (χ3v) is 4.92. The predicted octanol–water partition coefficient (Wildman–Crippen LogP) is 4.19. The third kappa shape index (κ3) is 5.53. The smallest absolute Gasteiger partial charge is 0.410 e. The van der Waals surface area contributed by atoms with Crippen LogP contribution in [-0.4, -0.2) is 50.6 Å². The number of ether oxygens (including phenoxy) is 1. The van der Waals surface area contributed by atoms with Gasteiger partial charge in [0.2, 0.25) is 0 Å². The van der Waals surface area contributed by atoms with Gasteiger partial charge in [-0.3, -0.25) is 4.98 Å². The van der Waals surface area contributed by atoms with Gasteiger partial charge in [-0.25, -0.2) is 13.9 Å². The predicted molar refractivity (Wildman–Crippen MR) is 105 cm³/mol. The molecule has 1 aliphatic heterocycles. The minimum Gasteiger partial charge on any atom is -0.444 e. The van der Waals surface area contributed by atoms with Crippen LogP contribution in [0.2, 0.25) is 0 Å². The number of carbonyl (C=O) groups is 1. The van der Waals surface area contributed by atoms with Gasteiger partial charge in [0.25, 0.3) is 0 Å². The summed E-state index contributed by atoms with van der Waals surface area (Å²) in [5, 5.41) is 4.22. The molecular formula is C21H29FN4O2. The number of likely N-dealkylation sites (tertiary alicyclic amines) is 1. The maximum Gasteiger partial charge on any atom is 0.410 e. The lowest BCUT2D eigenvalue weighted by Gasteiger charge is -2.35. The first-order valence-electron chi connectivity index (χ1n) is 9.88. The fourth-order valence-electron chi connectivity index (χ4n) is 3.50. The number of piperidine rings is 1. The standard InChI is InChI=1S/C21H29FN4O2/c1-21(2,3)28-20(27)25-11-8-17(19(22)15-25)7-4-6-16-12-18(14-23-13-16)26-10-5-9-24-26/h5,9-10,12-14,17,19H,4,6-8,11,15H2,1-3H3/t17?,19-/m0/s1. The van der Waals surface area contributed by atoms with E-state index in [-0.39, 0.29) is 12.5 Å². The van der Waals surface area contributed by atoms with Gasteiger partial charge in [0.05, 0.1) is 18.4 Å². The number of hydrogen-bond donors (Lipinski definition) is 0. The maximum atomic E-state index is 14.6. The molecule has 3 rings (SSSR count). The summed E-state index contributed by atoms with van der Waals surface area (Å²) in [6, 6.07) is 3.94. The van der Waals surface area contributed by atoms with Crippen molar-refractivity contribution in [2.24, 2.45) is 5.92 Å². The highest BCUT2D eigenvalue weighted by molar-refractivity contribution is 5.68. The van der Waals surface area contributed by atoms with Crippen molar-refractivity contribution < 1.29 is 13.9 Å². The van der Waals surface area contributed by atoms with Crippen LogP contribution in [0.25, 0.3) is 5.69 Å². The molecule has 2 aromatic heterocycles. The van der Waals surface area contributed by atoms with Gasteiger partial charge in [-0.05, 0) is 70.1 Å². The highest BCUT2D eigenvalue weighted by atomic mass is 19.1. The number of alkyl halides is 1. The Morgan fingerprint density at radius 1 is 1.36 bits per heavy atom. The van der Waals surface area contributed by atoms with E-state index in [9.17, 15) is 9.18 Å². The zero-order chi connectivity index (χ0) is 20.1. The minimum atomic E-state index is -1.00. The molecular weight excluding hydrogens is 359 g/mol. The van der Waals surface area contributed by atoms with Crippen LogP contribution in [0.1, 0.15) is 45.6 Å². The first kappa shape index (κ1) is 20.3. The second-order valence-corrected chi connectivity index (χ2v) is 8.39. The van der Waals surface area contributed by atoms with Gasteiger partial charge in [0, 0.05) is 25.1 Å². The van der Waals surface area contributed by atoms with E-state index >= 15 is 0 Å². The zero-order valence-electron chi connectivity index (χ0n) is 16.8. The summed E-state index contributed by atoms with van der Waals surface area (Å²) < 4.78 is 21.7. The van der Waals surface area contributed by atoms with Gasteiger partial charge in [0.1, 0.15) is 11.8 Å². The Morgan fingerprint density at radius 2 is 2.18 bits per heavy atom. The molecule has 0 bridgehead atoms. The molecule has 2 atom stereocenters. The van der Waals surface area contributed by atoms with E-state index in [0.29, 0.717) is 13.0 Å². The average molecular weight is 388 g/mol. The summed E-state index contributed by atoms with van der Waals surface area (Å²) in [6.07, 6.45) is 9.03. The fraction of sp³-hybridized carbons (Fsp3) is 0.571. The van der Waals surface area contributed by atoms with Crippen molar-refractivity contribution >= 4 is 6.09 Å². The van der Waals surface area contributed by atoms with Gasteiger partial charge in [-0.1, -0.05) is 0 Å². The highest BCUT2D eigenvalue weighted by Crippen LogP contribution is 2.27. The Morgan fingerprint density at radius 3 is 2.86 bits per heavy atom. The lowest BCUT2D eigenvalue weighted by Crippen LogP contribution is -2.46. The molecule has 1 fully saturated rings. The number of aromatic nitrogens is 3. The van der Waals surface area contributed by atoms with Gasteiger partial charge in [-0.15, -0.1) is 0 Å². The van der Waals surface area contributed by atoms with Crippen molar-refractivity contribution in [2.75, 3.05) is 13.1 Å². The minimum absolute atomic E-state index is 0.0130. The second-order valence-electron chi connectivity index (χ2n) is 8.39. The molecule has 3 heterocycles. The Hall–Kier alpha value is -2.44. The number of amides is 1. The monoisotopic (exact) mass is 388 g/mol. The van der Waals surface area contributed by atoms with E-state index in [1.165, 1.54) is 4.90 Å². The molecule has 1 amide bonds. The van der Waals surface area contributed by atoms with Crippen molar-refractivity contribution in [3.05, 3.63) is 42.5 Å². The average Bonchev–Trinajstić information content (AvgIpc) is 3.16. The van der Waals surface area contributed by atoms with Crippen LogP contribution in [0, 0.1) is 5.92 Å². The normalized spacial score (nSPS) is 20.2. The molecule has 0 radical (unpaired) electrons. The van der Waals surface area contributed by atoms with Crippen LogP contribution in [0.4, 0.5) is 9.18 Å². The number of rotatable bonds is 5. The van der Waals surface area contributed by atoms with Crippen molar-refractivity contribution in [3.8, 4) is 5.69 Å². The SMILES string of the molecule is CC(C)(C)OC(=O)N1CCC(CCCc2cncc(-n3cccn3)c2)[C@@H](F)C1. The topological polar surface area (TPSA) is 60.2 Å². The molecule has 0 spiro atoms. The van der Waals surface area contributed by atoms with Gasteiger partial charge >= 0.3 is 6.09 Å². The summed E-state index contributed by atoms with van der Waals surface area (Å²) in [7, 11) is 0. The molecule has 152 valence electrons. The molecule has 0 N–H and O–H groups in total. The van der Waals surface area contributed by atoms with Gasteiger partial charge in [0.15, 0.2) is 0 Å². The molecule has 2 aromatic rings. The van der Waals surface area contributed by atoms with E-state index in [0.717, 1.165) is 30.5 Å². The Balaban J connectivity index is 1.46. The quantitative estimate of drug-likeness (QED) is 0.771. The number of aryl methyl sites for hydroxylation is 1. The first-order chi connectivity index (χ1) is 13.3. The molecule has 1 saturated heterocycles. The molecule has 0 aromatic carbocycles. The third-order valence-electron chi connectivity index (χ3n) is 4.92. The van der Waals surface area contributed by atoms with E-state index < -0.39 is 17.9 Å². The molecule has 6 nitrogen and oxygen atoms in total. The molecule has 7 heteroatoms. The van der Waals surface area contributed by atoms with Crippen LogP contribution < -0.4 is 0 Å². The Kier molecular flexibility index (Phi) is 6.31. The van der Waals surface area contributed by atoms with Crippen LogP contribution in [0.15, 0.2) is 36.9 Å². The summed E-state index contributed by atoms with van der Waals surface area (Å²) in [4.78, 5) is 17.9. The summed E-state index contributed by atoms with van der Waals surface area (Å²) in [5.74, 6) is -0.0130. The van der Waals surface area contributed by atoms with E-state index in [1.54, 1.807) is 17.1 Å². The molecule has 28 heavy (non-hydrogen) atoms. The Labute approximate surface area is 165 Å². The van der Waals surface area contributed by atoms with Gasteiger partial charge in [-0.2, -0.15) is 5.10 Å². The number of nitrogens with zero attached hydrogens (tertiary/aromatic N) is 4. The van der Waals surface area contributed by atoms with E-state index in [2.05, 4.69) is 16.1 Å². The molecule has 1 aliphatic rings. The Bertz CT molecular complexity index is 773. The van der Waals surface area contributed by atoms with Crippen LogP contribution in [0.5, 0.6) is 0 Å². The van der Waals surface area contributed by atoms with Crippen molar-refractivity contribution in [1.82, 2.24) is 19.7 Å². The number of carbonyl (C=O) groups excluding carboxylic acids is 1. The van der Waals surface area contributed by atoms with E-state index in [4.69, 9.17) is 4.74 Å². The summed E-state index contributed by atoms with van der Waals surface area (Å²) in [6.45, 7) is 6.13. The fourth-order valence-corrected chi connectivity index (χ4v) is 3.50. The van der Waals surface area contributed by atoms with Crippen LogP contribution >= 0.6 is 0 Å². The lowest BCUT2D eigenvalue weighted by atomic mass is 9.89. The van der Waals surface area contributed by atoms with Crippen molar-refractivity contribution in [3.63, 3.8) is 0 Å². The maximum absolute atomic E-state index is 14.6. The number of halogens is 1.